The van der Waals surface area contributed by atoms with Gasteiger partial charge < -0.3 is 11.1 Å². The van der Waals surface area contributed by atoms with E-state index in [9.17, 15) is 9.59 Å². The smallest absolute Gasteiger partial charge is 0.259 e. The number of nitrogens with zero attached hydrogens (tertiary/aromatic N) is 2. The lowest BCUT2D eigenvalue weighted by molar-refractivity contribution is -0.123. The molecule has 1 saturated heterocycles. The Bertz CT molecular complexity index is 1060. The van der Waals surface area contributed by atoms with Crippen LogP contribution in [0, 0.1) is 5.92 Å². The maximum atomic E-state index is 12.8. The lowest BCUT2D eigenvalue weighted by atomic mass is 9.97. The summed E-state index contributed by atoms with van der Waals surface area (Å²) in [5.74, 6) is -0.538. The summed E-state index contributed by atoms with van der Waals surface area (Å²) in [4.78, 5) is 26.5. The van der Waals surface area contributed by atoms with Gasteiger partial charge in [-0.1, -0.05) is 35.9 Å². The number of nitrogens with two attached hydrogens (primary N) is 1. The fraction of sp³-hybridized carbons (Fsp3) is 0.261. The Morgan fingerprint density at radius 2 is 1.90 bits per heavy atom. The van der Waals surface area contributed by atoms with E-state index in [2.05, 4.69) is 20.4 Å². The van der Waals surface area contributed by atoms with Crippen molar-refractivity contribution in [2.45, 2.75) is 19.4 Å². The molecular formula is C23H24ClN5O2. The standard InChI is InChI=1S/C23H24ClN5O2/c24-18-7-5-16(6-8-18)21-20(12-26-28-21)23(31)27-19-9-3-15(4-10-19)13-29-11-1-2-17(14-29)22(25)30/h3-10,12,17H,1-2,11,13-14H2,(H2,25,30)(H,26,28)(H,27,31). The zero-order valence-corrected chi connectivity index (χ0v) is 17.7. The van der Waals surface area contributed by atoms with Gasteiger partial charge in [0.05, 0.1) is 23.4 Å². The van der Waals surface area contributed by atoms with Crippen molar-refractivity contribution in [2.24, 2.45) is 11.7 Å². The molecule has 0 bridgehead atoms. The van der Waals surface area contributed by atoms with Crippen molar-refractivity contribution >= 4 is 29.1 Å². The highest BCUT2D eigenvalue weighted by Crippen LogP contribution is 2.24. The Hall–Kier alpha value is -3.16. The first kappa shape index (κ1) is 21.1. The van der Waals surface area contributed by atoms with Gasteiger partial charge in [0, 0.05) is 29.4 Å². The molecule has 1 fully saturated rings. The molecule has 0 aliphatic carbocycles. The number of amides is 2. The van der Waals surface area contributed by atoms with Crippen molar-refractivity contribution in [1.29, 1.82) is 0 Å². The first-order valence-electron chi connectivity index (χ1n) is 10.2. The molecule has 31 heavy (non-hydrogen) atoms. The van der Waals surface area contributed by atoms with Crippen LogP contribution >= 0.6 is 11.6 Å². The first-order valence-corrected chi connectivity index (χ1v) is 10.6. The summed E-state index contributed by atoms with van der Waals surface area (Å²) in [6.45, 7) is 2.40. The Morgan fingerprint density at radius 3 is 2.61 bits per heavy atom. The highest BCUT2D eigenvalue weighted by Gasteiger charge is 2.23. The van der Waals surface area contributed by atoms with Gasteiger partial charge in [0.1, 0.15) is 0 Å². The number of rotatable bonds is 6. The highest BCUT2D eigenvalue weighted by molar-refractivity contribution is 6.30. The van der Waals surface area contributed by atoms with E-state index in [1.165, 1.54) is 6.20 Å². The molecule has 1 unspecified atom stereocenters. The van der Waals surface area contributed by atoms with Crippen LogP contribution in [0.3, 0.4) is 0 Å². The quantitative estimate of drug-likeness (QED) is 0.547. The third kappa shape index (κ3) is 5.13. The number of piperidine rings is 1. The van der Waals surface area contributed by atoms with Gasteiger partial charge in [0.2, 0.25) is 5.91 Å². The second kappa shape index (κ2) is 9.32. The van der Waals surface area contributed by atoms with Crippen LogP contribution in [0.2, 0.25) is 5.02 Å². The molecule has 0 saturated carbocycles. The van der Waals surface area contributed by atoms with Gasteiger partial charge in [-0.15, -0.1) is 0 Å². The molecule has 3 aromatic rings. The van der Waals surface area contributed by atoms with Gasteiger partial charge in [0.15, 0.2) is 0 Å². The first-order chi connectivity index (χ1) is 15.0. The van der Waals surface area contributed by atoms with Crippen molar-refractivity contribution in [3.05, 3.63) is 70.9 Å². The molecule has 4 N–H and O–H groups in total. The topological polar surface area (TPSA) is 104 Å². The summed E-state index contributed by atoms with van der Waals surface area (Å²) >= 11 is 5.95. The van der Waals surface area contributed by atoms with E-state index >= 15 is 0 Å². The number of nitrogens with one attached hydrogen (secondary N) is 2. The third-order valence-electron chi connectivity index (χ3n) is 5.54. The van der Waals surface area contributed by atoms with Crippen LogP contribution in [-0.4, -0.2) is 40.0 Å². The van der Waals surface area contributed by atoms with E-state index < -0.39 is 0 Å². The number of anilines is 1. The number of benzene rings is 2. The minimum Gasteiger partial charge on any atom is -0.369 e. The minimum atomic E-state index is -0.244. The van der Waals surface area contributed by atoms with Gasteiger partial charge in [-0.3, -0.25) is 19.6 Å². The van der Waals surface area contributed by atoms with Crippen molar-refractivity contribution in [1.82, 2.24) is 15.1 Å². The van der Waals surface area contributed by atoms with Crippen LogP contribution < -0.4 is 11.1 Å². The number of hydrogen-bond donors (Lipinski definition) is 3. The molecule has 160 valence electrons. The van der Waals surface area contributed by atoms with Gasteiger partial charge in [-0.25, -0.2) is 0 Å². The maximum absolute atomic E-state index is 12.8. The van der Waals surface area contributed by atoms with Gasteiger partial charge in [-0.2, -0.15) is 5.10 Å². The Morgan fingerprint density at radius 1 is 1.16 bits per heavy atom. The van der Waals surface area contributed by atoms with Crippen LogP contribution in [0.1, 0.15) is 28.8 Å². The Kier molecular flexibility index (Phi) is 6.34. The van der Waals surface area contributed by atoms with Crippen LogP contribution in [0.4, 0.5) is 5.69 Å². The summed E-state index contributed by atoms with van der Waals surface area (Å²) in [7, 11) is 0. The average molecular weight is 438 g/mol. The second-order valence-electron chi connectivity index (χ2n) is 7.79. The fourth-order valence-corrected chi connectivity index (χ4v) is 4.00. The molecular weight excluding hydrogens is 414 g/mol. The Labute approximate surface area is 185 Å². The average Bonchev–Trinajstić information content (AvgIpc) is 3.26. The molecule has 2 aromatic carbocycles. The number of aromatic nitrogens is 2. The van der Waals surface area contributed by atoms with E-state index in [0.29, 0.717) is 28.5 Å². The zero-order valence-electron chi connectivity index (χ0n) is 17.0. The minimum absolute atomic E-state index is 0.0721. The van der Waals surface area contributed by atoms with Gasteiger partial charge in [0.25, 0.3) is 5.91 Å². The van der Waals surface area contributed by atoms with Crippen LogP contribution in [0.15, 0.2) is 54.7 Å². The molecule has 1 atom stereocenters. The zero-order chi connectivity index (χ0) is 21.8. The molecule has 1 aliphatic heterocycles. The molecule has 8 heteroatoms. The number of primary amides is 1. The summed E-state index contributed by atoms with van der Waals surface area (Å²) in [5.41, 5.74) is 9.21. The Balaban J connectivity index is 1.39. The summed E-state index contributed by atoms with van der Waals surface area (Å²) in [6, 6.07) is 14.9. The van der Waals surface area contributed by atoms with E-state index in [1.54, 1.807) is 12.1 Å². The number of likely N-dealkylation sites (tertiary alicyclic amines) is 1. The summed E-state index contributed by atoms with van der Waals surface area (Å²) in [5, 5.41) is 10.5. The van der Waals surface area contributed by atoms with Crippen molar-refractivity contribution in [3.8, 4) is 11.3 Å². The van der Waals surface area contributed by atoms with Gasteiger partial charge >= 0.3 is 0 Å². The molecule has 1 aromatic heterocycles. The molecule has 0 radical (unpaired) electrons. The molecule has 7 nitrogen and oxygen atoms in total. The fourth-order valence-electron chi connectivity index (χ4n) is 3.88. The van der Waals surface area contributed by atoms with Crippen LogP contribution in [-0.2, 0) is 11.3 Å². The number of carbonyl (C=O) groups is 2. The van der Waals surface area contributed by atoms with E-state index in [-0.39, 0.29) is 17.7 Å². The molecule has 4 rings (SSSR count). The molecule has 2 amide bonds. The number of halogens is 1. The molecule has 0 spiro atoms. The summed E-state index contributed by atoms with van der Waals surface area (Å²) in [6.07, 6.45) is 3.35. The SMILES string of the molecule is NC(=O)C1CCCN(Cc2ccc(NC(=O)c3cn[nH]c3-c3ccc(Cl)cc3)cc2)C1. The van der Waals surface area contributed by atoms with Crippen molar-refractivity contribution in [2.75, 3.05) is 18.4 Å². The predicted octanol–water partition coefficient (Wildman–Crippen LogP) is 3.68. The lowest BCUT2D eigenvalue weighted by Gasteiger charge is -2.31. The largest absolute Gasteiger partial charge is 0.369 e. The van der Waals surface area contributed by atoms with E-state index in [1.807, 2.05) is 36.4 Å². The lowest BCUT2D eigenvalue weighted by Crippen LogP contribution is -2.40. The predicted molar refractivity (Wildman–Crippen MR) is 121 cm³/mol. The molecule has 2 heterocycles. The summed E-state index contributed by atoms with van der Waals surface area (Å²) < 4.78 is 0. The van der Waals surface area contributed by atoms with E-state index in [0.717, 1.165) is 37.1 Å². The second-order valence-corrected chi connectivity index (χ2v) is 8.23. The normalized spacial score (nSPS) is 16.7. The van der Waals surface area contributed by atoms with Crippen LogP contribution in [0.5, 0.6) is 0 Å². The van der Waals surface area contributed by atoms with Gasteiger partial charge in [-0.05, 0) is 49.2 Å². The number of hydrogen-bond acceptors (Lipinski definition) is 4. The monoisotopic (exact) mass is 437 g/mol. The number of H-pyrrole nitrogens is 1. The maximum Gasteiger partial charge on any atom is 0.259 e. The molecule has 1 aliphatic rings. The van der Waals surface area contributed by atoms with E-state index in [4.69, 9.17) is 17.3 Å². The highest BCUT2D eigenvalue weighted by atomic mass is 35.5. The third-order valence-corrected chi connectivity index (χ3v) is 5.79. The number of aromatic amines is 1. The van der Waals surface area contributed by atoms with Crippen LogP contribution in [0.25, 0.3) is 11.3 Å². The number of carbonyl (C=O) groups excluding carboxylic acids is 2. The van der Waals surface area contributed by atoms with Crippen molar-refractivity contribution < 1.29 is 9.59 Å². The van der Waals surface area contributed by atoms with Crippen molar-refractivity contribution in [3.63, 3.8) is 0 Å².